The second-order valence-electron chi connectivity index (χ2n) is 11.8. The molecular formula is C28H54. The molecule has 0 N–H and O–H groups in total. The predicted octanol–water partition coefficient (Wildman–Crippen LogP) is 9.09. The number of hydrogen-bond acceptors (Lipinski definition) is 0. The molecule has 2 fully saturated rings. The van der Waals surface area contributed by atoms with Gasteiger partial charge in [-0.1, -0.05) is 94.4 Å². The Labute approximate surface area is 179 Å². The first kappa shape index (κ1) is 24.3. The fourth-order valence-electron chi connectivity index (χ4n) is 7.56. The third kappa shape index (κ3) is 5.57. The molecule has 0 bridgehead atoms. The standard InChI is InChI=1S/C28H54/c1-10-24-15-26(21(7)19(5)20(24)6)17-27-16-25(14-12-13-18(3)4)28(11-2)23(9)22(27)8/h18-28H,10-17H2,1-9H3/t19?,20?,21?,22-,23?,24?,25?,26?,27?,28+/m1/s1. The van der Waals surface area contributed by atoms with Gasteiger partial charge in [0, 0.05) is 0 Å². The van der Waals surface area contributed by atoms with Crippen LogP contribution in [0.3, 0.4) is 0 Å². The average Bonchev–Trinajstić information content (AvgIpc) is 2.66. The highest BCUT2D eigenvalue weighted by molar-refractivity contribution is 4.92. The van der Waals surface area contributed by atoms with Gasteiger partial charge >= 0.3 is 0 Å². The summed E-state index contributed by atoms with van der Waals surface area (Å²) in [4.78, 5) is 0. The van der Waals surface area contributed by atoms with E-state index in [1.807, 2.05) is 0 Å². The highest BCUT2D eigenvalue weighted by atomic mass is 14.5. The maximum Gasteiger partial charge on any atom is -0.0360 e. The normalized spacial score (nSPS) is 44.8. The van der Waals surface area contributed by atoms with Crippen LogP contribution in [0.15, 0.2) is 0 Å². The maximum atomic E-state index is 2.61. The predicted molar refractivity (Wildman–Crippen MR) is 126 cm³/mol. The van der Waals surface area contributed by atoms with Crippen LogP contribution in [0.1, 0.15) is 114 Å². The minimum atomic E-state index is 0.869. The maximum absolute atomic E-state index is 2.61. The van der Waals surface area contributed by atoms with Gasteiger partial charge in [0.25, 0.3) is 0 Å². The van der Waals surface area contributed by atoms with Crippen molar-refractivity contribution in [2.45, 2.75) is 114 Å². The second-order valence-corrected chi connectivity index (χ2v) is 11.8. The minimum Gasteiger partial charge on any atom is -0.0651 e. The molecule has 2 aliphatic carbocycles. The van der Waals surface area contributed by atoms with Crippen LogP contribution in [-0.4, -0.2) is 0 Å². The molecule has 0 heteroatoms. The van der Waals surface area contributed by atoms with Crippen molar-refractivity contribution >= 4 is 0 Å². The lowest BCUT2D eigenvalue weighted by Gasteiger charge is -2.49. The molecule has 0 amide bonds. The third-order valence-electron chi connectivity index (χ3n) is 10.2. The van der Waals surface area contributed by atoms with E-state index in [2.05, 4.69) is 62.3 Å². The highest BCUT2D eigenvalue weighted by Crippen LogP contribution is 2.51. The Bertz CT molecular complexity index is 435. The van der Waals surface area contributed by atoms with Crippen LogP contribution >= 0.6 is 0 Å². The van der Waals surface area contributed by atoms with Crippen LogP contribution in [0.25, 0.3) is 0 Å². The highest BCUT2D eigenvalue weighted by Gasteiger charge is 2.43. The van der Waals surface area contributed by atoms with Gasteiger partial charge in [0.05, 0.1) is 0 Å². The molecule has 0 saturated heterocycles. The Hall–Kier alpha value is 0. The molecule has 2 aliphatic rings. The van der Waals surface area contributed by atoms with E-state index in [4.69, 9.17) is 0 Å². The topological polar surface area (TPSA) is 0 Å². The van der Waals surface area contributed by atoms with Crippen molar-refractivity contribution in [2.24, 2.45) is 65.1 Å². The largest absolute Gasteiger partial charge is 0.0651 e. The Morgan fingerprint density at radius 3 is 1.71 bits per heavy atom. The molecule has 0 aromatic rings. The van der Waals surface area contributed by atoms with Crippen LogP contribution in [0.4, 0.5) is 0 Å². The molecule has 2 rings (SSSR count). The summed E-state index contributed by atoms with van der Waals surface area (Å²) in [6.45, 7) is 22.6. The van der Waals surface area contributed by atoms with Crippen molar-refractivity contribution in [3.8, 4) is 0 Å². The van der Waals surface area contributed by atoms with Gasteiger partial charge in [-0.15, -0.1) is 0 Å². The fourth-order valence-corrected chi connectivity index (χ4v) is 7.56. The van der Waals surface area contributed by atoms with Crippen LogP contribution < -0.4 is 0 Å². The van der Waals surface area contributed by atoms with Crippen LogP contribution in [0, 0.1) is 65.1 Å². The Kier molecular flexibility index (Phi) is 9.41. The summed E-state index contributed by atoms with van der Waals surface area (Å²) >= 11 is 0. The molecule has 0 spiro atoms. The Morgan fingerprint density at radius 1 is 0.643 bits per heavy atom. The molecule has 0 nitrogen and oxygen atoms in total. The number of hydrogen-bond donors (Lipinski definition) is 0. The van der Waals surface area contributed by atoms with E-state index in [0.717, 1.165) is 65.1 Å². The van der Waals surface area contributed by atoms with Crippen molar-refractivity contribution in [3.05, 3.63) is 0 Å². The zero-order valence-electron chi connectivity index (χ0n) is 21.0. The van der Waals surface area contributed by atoms with Crippen LogP contribution in [-0.2, 0) is 0 Å². The molecule has 8 unspecified atom stereocenters. The SMILES string of the molecule is CCC1CC(CC2CC(CCCC(C)C)[C@@H](CC)C(C)[C@H]2C)C(C)C(C)C1C. The fraction of sp³-hybridized carbons (Fsp3) is 1.00. The van der Waals surface area contributed by atoms with Gasteiger partial charge in [0.15, 0.2) is 0 Å². The number of rotatable bonds is 8. The van der Waals surface area contributed by atoms with Gasteiger partial charge in [0.2, 0.25) is 0 Å². The van der Waals surface area contributed by atoms with Gasteiger partial charge in [-0.25, -0.2) is 0 Å². The van der Waals surface area contributed by atoms with Gasteiger partial charge in [0.1, 0.15) is 0 Å². The van der Waals surface area contributed by atoms with E-state index in [0.29, 0.717) is 0 Å². The summed E-state index contributed by atoms with van der Waals surface area (Å²) in [6.07, 6.45) is 11.7. The molecule has 0 heterocycles. The van der Waals surface area contributed by atoms with Gasteiger partial charge in [-0.3, -0.25) is 0 Å². The molecular weight excluding hydrogens is 336 g/mol. The zero-order chi connectivity index (χ0) is 21.0. The molecule has 0 aromatic carbocycles. The van der Waals surface area contributed by atoms with Gasteiger partial charge in [-0.05, 0) is 84.4 Å². The average molecular weight is 391 g/mol. The lowest BCUT2D eigenvalue weighted by molar-refractivity contribution is 0.00190. The smallest absolute Gasteiger partial charge is 0.0360 e. The van der Waals surface area contributed by atoms with E-state index in [9.17, 15) is 0 Å². The summed E-state index contributed by atoms with van der Waals surface area (Å²) < 4.78 is 0. The first-order chi connectivity index (χ1) is 13.2. The lowest BCUT2D eigenvalue weighted by atomic mass is 9.56. The molecule has 166 valence electrons. The monoisotopic (exact) mass is 390 g/mol. The molecule has 2 saturated carbocycles. The van der Waals surface area contributed by atoms with E-state index in [1.165, 1.54) is 51.4 Å². The Morgan fingerprint density at radius 2 is 1.18 bits per heavy atom. The van der Waals surface area contributed by atoms with Crippen LogP contribution in [0.2, 0.25) is 0 Å². The minimum absolute atomic E-state index is 0.869. The van der Waals surface area contributed by atoms with Gasteiger partial charge < -0.3 is 0 Å². The van der Waals surface area contributed by atoms with E-state index >= 15 is 0 Å². The van der Waals surface area contributed by atoms with E-state index in [1.54, 1.807) is 0 Å². The first-order valence-electron chi connectivity index (χ1n) is 13.2. The lowest BCUT2D eigenvalue weighted by Crippen LogP contribution is -2.41. The molecule has 0 aromatic heterocycles. The van der Waals surface area contributed by atoms with Crippen molar-refractivity contribution in [2.75, 3.05) is 0 Å². The molecule has 10 atom stereocenters. The summed E-state index contributed by atoms with van der Waals surface area (Å²) in [5.74, 6) is 10.4. The molecule has 28 heavy (non-hydrogen) atoms. The van der Waals surface area contributed by atoms with Crippen molar-refractivity contribution in [1.29, 1.82) is 0 Å². The van der Waals surface area contributed by atoms with Crippen molar-refractivity contribution < 1.29 is 0 Å². The van der Waals surface area contributed by atoms with E-state index in [-0.39, 0.29) is 0 Å². The first-order valence-corrected chi connectivity index (χ1v) is 13.2. The summed E-state index contributed by atoms with van der Waals surface area (Å²) in [7, 11) is 0. The van der Waals surface area contributed by atoms with E-state index < -0.39 is 0 Å². The third-order valence-corrected chi connectivity index (χ3v) is 10.2. The molecule has 0 radical (unpaired) electrons. The summed E-state index contributed by atoms with van der Waals surface area (Å²) in [5, 5.41) is 0. The zero-order valence-corrected chi connectivity index (χ0v) is 21.0. The van der Waals surface area contributed by atoms with Crippen molar-refractivity contribution in [3.63, 3.8) is 0 Å². The van der Waals surface area contributed by atoms with Crippen LogP contribution in [0.5, 0.6) is 0 Å². The van der Waals surface area contributed by atoms with Crippen molar-refractivity contribution in [1.82, 2.24) is 0 Å². The molecule has 0 aliphatic heterocycles. The Balaban J connectivity index is 2.06. The summed E-state index contributed by atoms with van der Waals surface area (Å²) in [5.41, 5.74) is 0. The quantitative estimate of drug-likeness (QED) is 0.387. The second kappa shape index (κ2) is 10.9. The summed E-state index contributed by atoms with van der Waals surface area (Å²) in [6, 6.07) is 0. The van der Waals surface area contributed by atoms with Gasteiger partial charge in [-0.2, -0.15) is 0 Å².